The number of aromatic amines is 1. The van der Waals surface area contributed by atoms with Gasteiger partial charge in [0.2, 0.25) is 0 Å². The van der Waals surface area contributed by atoms with Crippen molar-refractivity contribution in [2.24, 2.45) is 4.99 Å². The van der Waals surface area contributed by atoms with Gasteiger partial charge in [0.05, 0.1) is 11.3 Å². The summed E-state index contributed by atoms with van der Waals surface area (Å²) in [7, 11) is 0. The third-order valence-corrected chi connectivity index (χ3v) is 3.85. The fourth-order valence-corrected chi connectivity index (χ4v) is 2.56. The van der Waals surface area contributed by atoms with E-state index in [-0.39, 0.29) is 5.88 Å². The Bertz CT molecular complexity index is 777. The van der Waals surface area contributed by atoms with E-state index < -0.39 is 0 Å². The van der Waals surface area contributed by atoms with E-state index >= 15 is 0 Å². The van der Waals surface area contributed by atoms with E-state index in [1.54, 1.807) is 18.0 Å². The fourth-order valence-electron chi connectivity index (χ4n) is 2.11. The van der Waals surface area contributed by atoms with Crippen molar-refractivity contribution in [2.75, 3.05) is 6.26 Å². The summed E-state index contributed by atoms with van der Waals surface area (Å²) >= 11 is 1.68. The van der Waals surface area contributed by atoms with Crippen molar-refractivity contribution in [1.82, 2.24) is 4.98 Å². The van der Waals surface area contributed by atoms with Crippen LogP contribution in [0.5, 0.6) is 5.88 Å². The molecule has 0 amide bonds. The van der Waals surface area contributed by atoms with Crippen molar-refractivity contribution in [3.05, 3.63) is 54.1 Å². The summed E-state index contributed by atoms with van der Waals surface area (Å²) < 4.78 is 0. The molecular weight excluding hydrogens is 268 g/mol. The maximum atomic E-state index is 9.96. The first-order chi connectivity index (χ1) is 9.78. The maximum absolute atomic E-state index is 9.96. The number of para-hydroxylation sites is 1. The van der Waals surface area contributed by atoms with E-state index in [0.29, 0.717) is 0 Å². The van der Waals surface area contributed by atoms with Crippen LogP contribution < -0.4 is 0 Å². The lowest BCUT2D eigenvalue weighted by Gasteiger charge is -1.97. The van der Waals surface area contributed by atoms with Crippen LogP contribution in [0.4, 0.5) is 5.69 Å². The molecule has 2 N–H and O–H groups in total. The molecule has 3 nitrogen and oxygen atoms in total. The van der Waals surface area contributed by atoms with Gasteiger partial charge in [-0.3, -0.25) is 4.99 Å². The van der Waals surface area contributed by atoms with Gasteiger partial charge in [0.25, 0.3) is 0 Å². The van der Waals surface area contributed by atoms with Crippen LogP contribution in [0.2, 0.25) is 0 Å². The highest BCUT2D eigenvalue weighted by Gasteiger charge is 2.07. The number of hydrogen-bond acceptors (Lipinski definition) is 3. The second-order valence-corrected chi connectivity index (χ2v) is 5.27. The lowest BCUT2D eigenvalue weighted by atomic mass is 10.2. The van der Waals surface area contributed by atoms with Crippen LogP contribution in [0.3, 0.4) is 0 Å². The molecule has 4 heteroatoms. The molecule has 0 bridgehead atoms. The van der Waals surface area contributed by atoms with Crippen molar-refractivity contribution in [1.29, 1.82) is 0 Å². The van der Waals surface area contributed by atoms with Crippen molar-refractivity contribution >= 4 is 34.6 Å². The third kappa shape index (κ3) is 2.42. The molecule has 1 heterocycles. The molecule has 20 heavy (non-hydrogen) atoms. The molecule has 0 aliphatic heterocycles. The van der Waals surface area contributed by atoms with Crippen LogP contribution in [-0.2, 0) is 0 Å². The van der Waals surface area contributed by atoms with Crippen LogP contribution in [0.1, 0.15) is 5.56 Å². The number of rotatable bonds is 3. The minimum Gasteiger partial charge on any atom is -0.494 e. The molecule has 3 rings (SSSR count). The lowest BCUT2D eigenvalue weighted by molar-refractivity contribution is 0.457. The smallest absolute Gasteiger partial charge is 0.198 e. The number of H-pyrrole nitrogens is 1. The van der Waals surface area contributed by atoms with E-state index in [2.05, 4.69) is 9.98 Å². The minimum atomic E-state index is 0.149. The van der Waals surface area contributed by atoms with E-state index in [0.717, 1.165) is 22.2 Å². The minimum absolute atomic E-state index is 0.149. The summed E-state index contributed by atoms with van der Waals surface area (Å²) in [6, 6.07) is 15.8. The Balaban J connectivity index is 2.00. The molecule has 0 atom stereocenters. The quantitative estimate of drug-likeness (QED) is 0.554. The number of aliphatic imine (C=N–C) groups is 1. The molecule has 0 aliphatic carbocycles. The summed E-state index contributed by atoms with van der Waals surface area (Å²) in [6.07, 6.45) is 3.74. The Morgan fingerprint density at radius 3 is 2.85 bits per heavy atom. The van der Waals surface area contributed by atoms with Gasteiger partial charge in [0, 0.05) is 22.0 Å². The molecular formula is C16H14N2OS. The molecule has 0 unspecified atom stereocenters. The van der Waals surface area contributed by atoms with Gasteiger partial charge < -0.3 is 10.1 Å². The van der Waals surface area contributed by atoms with Crippen molar-refractivity contribution in [2.45, 2.75) is 4.90 Å². The molecule has 100 valence electrons. The molecule has 0 fully saturated rings. The summed E-state index contributed by atoms with van der Waals surface area (Å²) in [6.45, 7) is 0. The highest BCUT2D eigenvalue weighted by Crippen LogP contribution is 2.26. The second-order valence-electron chi connectivity index (χ2n) is 4.39. The SMILES string of the molecule is CSc1cccc(N=Cc2c(O)[nH]c3ccccc23)c1. The van der Waals surface area contributed by atoms with Crippen LogP contribution >= 0.6 is 11.8 Å². The number of thioether (sulfide) groups is 1. The standard InChI is InChI=1S/C16H14N2OS/c1-20-12-6-4-5-11(9-12)17-10-14-13-7-2-3-8-15(13)18-16(14)19/h2-10,18-19H,1H3. The molecule has 1 aromatic heterocycles. The molecule has 2 aromatic carbocycles. The van der Waals surface area contributed by atoms with Crippen LogP contribution in [0.25, 0.3) is 10.9 Å². The normalized spacial score (nSPS) is 11.4. The van der Waals surface area contributed by atoms with Crippen molar-refractivity contribution in [3.8, 4) is 5.88 Å². The summed E-state index contributed by atoms with van der Waals surface area (Å²) in [4.78, 5) is 8.57. The summed E-state index contributed by atoms with van der Waals surface area (Å²) in [5.41, 5.74) is 2.50. The van der Waals surface area contributed by atoms with Gasteiger partial charge in [-0.05, 0) is 30.5 Å². The van der Waals surface area contributed by atoms with Gasteiger partial charge in [-0.2, -0.15) is 0 Å². The molecule has 0 saturated heterocycles. The zero-order valence-electron chi connectivity index (χ0n) is 11.0. The topological polar surface area (TPSA) is 48.4 Å². The first-order valence-corrected chi connectivity index (χ1v) is 7.48. The lowest BCUT2D eigenvalue weighted by Crippen LogP contribution is -1.79. The van der Waals surface area contributed by atoms with E-state index in [9.17, 15) is 5.11 Å². The Morgan fingerprint density at radius 2 is 2.00 bits per heavy atom. The number of aromatic hydroxyl groups is 1. The van der Waals surface area contributed by atoms with Gasteiger partial charge in [-0.15, -0.1) is 11.8 Å². The molecule has 0 aliphatic rings. The Hall–Kier alpha value is -2.20. The predicted octanol–water partition coefficient (Wildman–Crippen LogP) is 4.35. The summed E-state index contributed by atoms with van der Waals surface area (Å²) in [5.74, 6) is 0.149. The van der Waals surface area contributed by atoms with E-state index in [1.165, 1.54) is 4.90 Å². The van der Waals surface area contributed by atoms with Crippen molar-refractivity contribution in [3.63, 3.8) is 0 Å². The zero-order chi connectivity index (χ0) is 13.9. The van der Waals surface area contributed by atoms with E-state index in [4.69, 9.17) is 0 Å². The predicted molar refractivity (Wildman–Crippen MR) is 85.4 cm³/mol. The van der Waals surface area contributed by atoms with Gasteiger partial charge in [-0.25, -0.2) is 0 Å². The first-order valence-electron chi connectivity index (χ1n) is 6.26. The number of nitrogens with zero attached hydrogens (tertiary/aromatic N) is 1. The van der Waals surface area contributed by atoms with Gasteiger partial charge in [0.1, 0.15) is 0 Å². The number of fused-ring (bicyclic) bond motifs is 1. The second kappa shape index (κ2) is 5.43. The van der Waals surface area contributed by atoms with E-state index in [1.807, 2.05) is 54.8 Å². The highest BCUT2D eigenvalue weighted by molar-refractivity contribution is 7.98. The molecule has 0 radical (unpaired) electrons. The number of aromatic nitrogens is 1. The number of benzene rings is 2. The summed E-state index contributed by atoms with van der Waals surface area (Å²) in [5, 5.41) is 10.9. The molecule has 0 saturated carbocycles. The molecule has 0 spiro atoms. The third-order valence-electron chi connectivity index (χ3n) is 3.12. The number of nitrogens with one attached hydrogen (secondary N) is 1. The highest BCUT2D eigenvalue weighted by atomic mass is 32.2. The van der Waals surface area contributed by atoms with Crippen molar-refractivity contribution < 1.29 is 5.11 Å². The Labute approximate surface area is 121 Å². The van der Waals surface area contributed by atoms with Gasteiger partial charge >= 0.3 is 0 Å². The Morgan fingerprint density at radius 1 is 1.15 bits per heavy atom. The average Bonchev–Trinajstić information content (AvgIpc) is 2.81. The van der Waals surface area contributed by atoms with Crippen LogP contribution in [0.15, 0.2) is 58.4 Å². The van der Waals surface area contributed by atoms with Crippen LogP contribution in [0, 0.1) is 0 Å². The monoisotopic (exact) mass is 282 g/mol. The molecule has 3 aromatic rings. The average molecular weight is 282 g/mol. The first kappa shape index (κ1) is 12.8. The number of hydrogen-bond donors (Lipinski definition) is 2. The zero-order valence-corrected chi connectivity index (χ0v) is 11.8. The fraction of sp³-hybridized carbons (Fsp3) is 0.0625. The maximum Gasteiger partial charge on any atom is 0.198 e. The van der Waals surface area contributed by atoms with Crippen LogP contribution in [-0.4, -0.2) is 22.6 Å². The Kier molecular flexibility index (Phi) is 3.48. The van der Waals surface area contributed by atoms with Gasteiger partial charge in [-0.1, -0.05) is 24.3 Å². The van der Waals surface area contributed by atoms with Gasteiger partial charge in [0.15, 0.2) is 5.88 Å². The largest absolute Gasteiger partial charge is 0.494 e.